The van der Waals surface area contributed by atoms with Crippen LogP contribution in [-0.2, 0) is 6.54 Å². The number of halogens is 2. The molecule has 0 aliphatic heterocycles. The SMILES string of the molecule is COc1ccc(CNc2c(C(=O)O)ncc3c(Br)c(F)ccc23)cc1. The summed E-state index contributed by atoms with van der Waals surface area (Å²) in [6, 6.07) is 10.2. The molecule has 0 aliphatic carbocycles. The van der Waals surface area contributed by atoms with Crippen molar-refractivity contribution in [3.05, 3.63) is 64.1 Å². The maximum absolute atomic E-state index is 13.7. The summed E-state index contributed by atoms with van der Waals surface area (Å²) >= 11 is 3.18. The highest BCUT2D eigenvalue weighted by molar-refractivity contribution is 9.10. The number of methoxy groups -OCH3 is 1. The van der Waals surface area contributed by atoms with Crippen molar-refractivity contribution in [2.75, 3.05) is 12.4 Å². The first-order chi connectivity index (χ1) is 12.0. The van der Waals surface area contributed by atoms with Crippen molar-refractivity contribution in [3.63, 3.8) is 0 Å². The second kappa shape index (κ2) is 7.06. The van der Waals surface area contributed by atoms with Gasteiger partial charge in [-0.15, -0.1) is 0 Å². The molecule has 1 aromatic heterocycles. The molecule has 128 valence electrons. The van der Waals surface area contributed by atoms with Crippen LogP contribution in [0.15, 0.2) is 47.1 Å². The van der Waals surface area contributed by atoms with Gasteiger partial charge in [0.1, 0.15) is 11.6 Å². The van der Waals surface area contributed by atoms with E-state index in [0.29, 0.717) is 23.0 Å². The Hall–Kier alpha value is -2.67. The van der Waals surface area contributed by atoms with E-state index in [1.54, 1.807) is 13.2 Å². The summed E-state index contributed by atoms with van der Waals surface area (Å²) < 4.78 is 19.1. The lowest BCUT2D eigenvalue weighted by atomic mass is 10.1. The monoisotopic (exact) mass is 404 g/mol. The molecule has 2 N–H and O–H groups in total. The second-order valence-electron chi connectivity index (χ2n) is 5.31. The average molecular weight is 405 g/mol. The maximum atomic E-state index is 13.7. The van der Waals surface area contributed by atoms with E-state index in [9.17, 15) is 14.3 Å². The van der Waals surface area contributed by atoms with Gasteiger partial charge in [0, 0.05) is 23.5 Å². The number of benzene rings is 2. The average Bonchev–Trinajstić information content (AvgIpc) is 2.63. The lowest BCUT2D eigenvalue weighted by Crippen LogP contribution is -2.09. The summed E-state index contributed by atoms with van der Waals surface area (Å²) in [5.41, 5.74) is 1.18. The van der Waals surface area contributed by atoms with Crippen LogP contribution in [0.1, 0.15) is 16.1 Å². The molecule has 0 atom stereocenters. The Kier molecular flexibility index (Phi) is 4.85. The fourth-order valence-corrected chi connectivity index (χ4v) is 2.95. The summed E-state index contributed by atoms with van der Waals surface area (Å²) in [7, 11) is 1.59. The van der Waals surface area contributed by atoms with Crippen LogP contribution in [0.3, 0.4) is 0 Å². The van der Waals surface area contributed by atoms with Crippen LogP contribution >= 0.6 is 15.9 Å². The number of carbonyl (C=O) groups is 1. The third-order valence-electron chi connectivity index (χ3n) is 3.79. The molecule has 0 amide bonds. The first-order valence-corrected chi connectivity index (χ1v) is 8.17. The molecule has 5 nitrogen and oxygen atoms in total. The topological polar surface area (TPSA) is 71.5 Å². The zero-order chi connectivity index (χ0) is 18.0. The van der Waals surface area contributed by atoms with E-state index < -0.39 is 11.8 Å². The van der Waals surface area contributed by atoms with Gasteiger partial charge in [0.15, 0.2) is 5.69 Å². The number of hydrogen-bond donors (Lipinski definition) is 2. The van der Waals surface area contributed by atoms with Crippen molar-refractivity contribution in [1.29, 1.82) is 0 Å². The smallest absolute Gasteiger partial charge is 0.356 e. The number of carboxylic acids is 1. The number of anilines is 1. The number of aromatic nitrogens is 1. The van der Waals surface area contributed by atoms with Crippen molar-refractivity contribution < 1.29 is 19.0 Å². The Bertz CT molecular complexity index is 945. The minimum absolute atomic E-state index is 0.112. The number of pyridine rings is 1. The molecule has 0 aliphatic rings. The normalized spacial score (nSPS) is 10.7. The lowest BCUT2D eigenvalue weighted by Gasteiger charge is -2.13. The van der Waals surface area contributed by atoms with Gasteiger partial charge >= 0.3 is 5.97 Å². The number of rotatable bonds is 5. The predicted molar refractivity (Wildman–Crippen MR) is 96.7 cm³/mol. The highest BCUT2D eigenvalue weighted by Crippen LogP contribution is 2.33. The van der Waals surface area contributed by atoms with Gasteiger partial charge in [-0.2, -0.15) is 0 Å². The Labute approximate surface area is 151 Å². The van der Waals surface area contributed by atoms with Crippen molar-refractivity contribution >= 4 is 38.4 Å². The largest absolute Gasteiger partial charge is 0.497 e. The minimum Gasteiger partial charge on any atom is -0.497 e. The van der Waals surface area contributed by atoms with E-state index >= 15 is 0 Å². The van der Waals surface area contributed by atoms with Gasteiger partial charge in [0.05, 0.1) is 17.3 Å². The van der Waals surface area contributed by atoms with E-state index in [0.717, 1.165) is 11.3 Å². The van der Waals surface area contributed by atoms with Crippen LogP contribution in [0.5, 0.6) is 5.75 Å². The number of ether oxygens (including phenoxy) is 1. The molecule has 3 rings (SSSR count). The molecular formula is C18H14BrFN2O3. The maximum Gasteiger partial charge on any atom is 0.356 e. The Morgan fingerprint density at radius 1 is 1.24 bits per heavy atom. The molecule has 0 unspecified atom stereocenters. The number of nitrogens with one attached hydrogen (secondary N) is 1. The molecule has 1 heterocycles. The van der Waals surface area contributed by atoms with E-state index in [2.05, 4.69) is 26.2 Å². The van der Waals surface area contributed by atoms with E-state index in [4.69, 9.17) is 4.74 Å². The quantitative estimate of drug-likeness (QED) is 0.656. The third kappa shape index (κ3) is 3.41. The third-order valence-corrected chi connectivity index (χ3v) is 4.60. The predicted octanol–water partition coefficient (Wildman–Crippen LogP) is 4.46. The fourth-order valence-electron chi connectivity index (χ4n) is 2.51. The van der Waals surface area contributed by atoms with Gasteiger partial charge in [0.2, 0.25) is 0 Å². The Morgan fingerprint density at radius 3 is 2.60 bits per heavy atom. The molecule has 7 heteroatoms. The van der Waals surface area contributed by atoms with E-state index in [1.807, 2.05) is 24.3 Å². The molecular weight excluding hydrogens is 391 g/mol. The molecule has 25 heavy (non-hydrogen) atoms. The lowest BCUT2D eigenvalue weighted by molar-refractivity contribution is 0.0692. The van der Waals surface area contributed by atoms with Crippen LogP contribution in [-0.4, -0.2) is 23.2 Å². The highest BCUT2D eigenvalue weighted by atomic mass is 79.9. The number of aromatic carboxylic acids is 1. The zero-order valence-electron chi connectivity index (χ0n) is 13.2. The molecule has 0 saturated heterocycles. The molecule has 0 bridgehead atoms. The second-order valence-corrected chi connectivity index (χ2v) is 6.10. The molecule has 2 aromatic carbocycles. The number of nitrogens with zero attached hydrogens (tertiary/aromatic N) is 1. The van der Waals surface area contributed by atoms with Gasteiger partial charge in [-0.25, -0.2) is 14.2 Å². The minimum atomic E-state index is -1.15. The molecule has 3 aromatic rings. The molecule has 0 spiro atoms. The van der Waals surface area contributed by atoms with Crippen LogP contribution in [0.25, 0.3) is 10.8 Å². The first-order valence-electron chi connectivity index (χ1n) is 7.38. The van der Waals surface area contributed by atoms with Crippen LogP contribution in [0.2, 0.25) is 0 Å². The number of carboxylic acid groups (broad SMARTS) is 1. The van der Waals surface area contributed by atoms with Gasteiger partial charge < -0.3 is 15.2 Å². The standard InChI is InChI=1S/C18H14BrFN2O3/c1-25-11-4-2-10(3-5-11)8-21-16-12-6-7-14(20)15(19)13(12)9-22-17(16)18(23)24/h2-7,9,21H,8H2,1H3,(H,23,24). The fraction of sp³-hybridized carbons (Fsp3) is 0.111. The summed E-state index contributed by atoms with van der Waals surface area (Å²) in [6.07, 6.45) is 1.35. The highest BCUT2D eigenvalue weighted by Gasteiger charge is 2.17. The van der Waals surface area contributed by atoms with Crippen molar-refractivity contribution in [1.82, 2.24) is 4.98 Å². The van der Waals surface area contributed by atoms with Gasteiger partial charge in [-0.3, -0.25) is 0 Å². The van der Waals surface area contributed by atoms with E-state index in [1.165, 1.54) is 12.3 Å². The van der Waals surface area contributed by atoms with Crippen molar-refractivity contribution in [2.45, 2.75) is 6.54 Å². The first kappa shape index (κ1) is 17.2. The van der Waals surface area contributed by atoms with Gasteiger partial charge in [-0.1, -0.05) is 12.1 Å². The molecule has 0 fully saturated rings. The number of hydrogen-bond acceptors (Lipinski definition) is 4. The molecule has 0 radical (unpaired) electrons. The van der Waals surface area contributed by atoms with Crippen LogP contribution in [0, 0.1) is 5.82 Å². The summed E-state index contributed by atoms with van der Waals surface area (Å²) in [5.74, 6) is -0.848. The summed E-state index contributed by atoms with van der Waals surface area (Å²) in [5, 5.41) is 13.6. The summed E-state index contributed by atoms with van der Waals surface area (Å²) in [4.78, 5) is 15.5. The Balaban J connectivity index is 2.01. The van der Waals surface area contributed by atoms with Gasteiger partial charge in [-0.05, 0) is 45.8 Å². The van der Waals surface area contributed by atoms with Gasteiger partial charge in [0.25, 0.3) is 0 Å². The Morgan fingerprint density at radius 2 is 1.96 bits per heavy atom. The molecule has 0 saturated carbocycles. The number of fused-ring (bicyclic) bond motifs is 1. The van der Waals surface area contributed by atoms with Crippen LogP contribution in [0.4, 0.5) is 10.1 Å². The zero-order valence-corrected chi connectivity index (χ0v) is 14.8. The van der Waals surface area contributed by atoms with Crippen molar-refractivity contribution in [2.24, 2.45) is 0 Å². The summed E-state index contributed by atoms with van der Waals surface area (Å²) in [6.45, 7) is 0.389. The van der Waals surface area contributed by atoms with E-state index in [-0.39, 0.29) is 10.2 Å². The van der Waals surface area contributed by atoms with Crippen molar-refractivity contribution in [3.8, 4) is 5.75 Å². The van der Waals surface area contributed by atoms with Crippen LogP contribution < -0.4 is 10.1 Å².